The Hall–Kier alpha value is -1.75. The lowest BCUT2D eigenvalue weighted by Crippen LogP contribution is -2.07. The fourth-order valence-electron chi connectivity index (χ4n) is 1.43. The molecule has 0 saturated heterocycles. The van der Waals surface area contributed by atoms with Crippen LogP contribution in [0.1, 0.15) is 0 Å². The molecule has 1 aliphatic rings. The van der Waals surface area contributed by atoms with Gasteiger partial charge in [-0.1, -0.05) is 18.2 Å². The van der Waals surface area contributed by atoms with Crippen LogP contribution in [0.25, 0.3) is 0 Å². The Morgan fingerprint density at radius 3 is 2.65 bits per heavy atom. The van der Waals surface area contributed by atoms with Gasteiger partial charge in [0.1, 0.15) is 23.0 Å². The third-order valence-corrected chi connectivity index (χ3v) is 2.91. The lowest BCUT2D eigenvalue weighted by atomic mass is 10.2. The molecule has 17 heavy (non-hydrogen) atoms. The molecule has 0 aromatic heterocycles. The molecule has 1 aromatic rings. The maximum atomic E-state index is 11.4. The average Bonchev–Trinajstić information content (AvgIpc) is 2.68. The van der Waals surface area contributed by atoms with Gasteiger partial charge in [-0.05, 0) is 18.4 Å². The van der Waals surface area contributed by atoms with E-state index < -0.39 is 5.97 Å². The summed E-state index contributed by atoms with van der Waals surface area (Å²) in [6, 6.07) is 9.26. The Kier molecular flexibility index (Phi) is 3.49. The van der Waals surface area contributed by atoms with Gasteiger partial charge in [0.2, 0.25) is 0 Å². The number of rotatable bonds is 2. The summed E-state index contributed by atoms with van der Waals surface area (Å²) in [7, 11) is 0. The summed E-state index contributed by atoms with van der Waals surface area (Å²) in [6.07, 6.45) is 1.80. The molecule has 0 unspecified atom stereocenters. The number of ether oxygens (including phenoxy) is 1. The fourth-order valence-corrected chi connectivity index (χ4v) is 2.03. The van der Waals surface area contributed by atoms with E-state index in [1.807, 2.05) is 30.3 Å². The van der Waals surface area contributed by atoms with Crippen molar-refractivity contribution >= 4 is 28.5 Å². The predicted octanol–water partition coefficient (Wildman–Crippen LogP) is 2.45. The predicted molar refractivity (Wildman–Crippen MR) is 67.7 cm³/mol. The Morgan fingerprint density at radius 1 is 1.41 bits per heavy atom. The molecule has 0 radical (unpaired) electrons. The average molecular weight is 249 g/mol. The minimum atomic E-state index is -0.522. The molecule has 0 fully saturated rings. The minimum Gasteiger partial charge on any atom is -0.508 e. The van der Waals surface area contributed by atoms with Crippen molar-refractivity contribution in [2.75, 3.05) is 12.9 Å². The van der Waals surface area contributed by atoms with Gasteiger partial charge in [-0.15, -0.1) is 11.8 Å². The summed E-state index contributed by atoms with van der Waals surface area (Å²) in [6.45, 7) is -0.0669. The van der Waals surface area contributed by atoms with Gasteiger partial charge in [0, 0.05) is 0 Å². The molecule has 1 aliphatic heterocycles. The third kappa shape index (κ3) is 2.50. The van der Waals surface area contributed by atoms with E-state index in [9.17, 15) is 9.90 Å². The molecular weight excluding hydrogens is 238 g/mol. The summed E-state index contributed by atoms with van der Waals surface area (Å²) in [5.74, 6) is -0.578. The number of esters is 1. The van der Waals surface area contributed by atoms with Crippen LogP contribution in [0.2, 0.25) is 0 Å². The molecule has 0 aliphatic carbocycles. The van der Waals surface area contributed by atoms with Gasteiger partial charge >= 0.3 is 5.97 Å². The molecule has 88 valence electrons. The topological polar surface area (TPSA) is 58.9 Å². The maximum absolute atomic E-state index is 11.4. The molecule has 4 nitrogen and oxygen atoms in total. The van der Waals surface area contributed by atoms with Crippen LogP contribution in [0, 0.1) is 0 Å². The molecule has 1 N–H and O–H groups in total. The highest BCUT2D eigenvalue weighted by Gasteiger charge is 2.28. The van der Waals surface area contributed by atoms with Crippen molar-refractivity contribution < 1.29 is 14.6 Å². The number of carbonyl (C=O) groups excluding carboxylic acids is 1. The van der Waals surface area contributed by atoms with E-state index in [-0.39, 0.29) is 17.9 Å². The van der Waals surface area contributed by atoms with Crippen LogP contribution in [0.4, 0.5) is 5.69 Å². The number of aliphatic imine (C=N–C) groups is 1. The van der Waals surface area contributed by atoms with Crippen molar-refractivity contribution in [2.24, 2.45) is 4.99 Å². The third-order valence-electron chi connectivity index (χ3n) is 2.23. The van der Waals surface area contributed by atoms with Crippen molar-refractivity contribution in [2.45, 2.75) is 0 Å². The van der Waals surface area contributed by atoms with Crippen LogP contribution in [-0.4, -0.2) is 29.0 Å². The molecule has 1 heterocycles. The molecule has 0 amide bonds. The highest BCUT2D eigenvalue weighted by molar-refractivity contribution is 8.14. The SMILES string of the molecule is CSC(=Nc1ccccc1)C1=C(O)COC1=O. The zero-order chi connectivity index (χ0) is 12.3. The zero-order valence-electron chi connectivity index (χ0n) is 9.21. The lowest BCUT2D eigenvalue weighted by Gasteiger charge is -2.02. The van der Waals surface area contributed by atoms with Crippen molar-refractivity contribution in [3.05, 3.63) is 41.7 Å². The van der Waals surface area contributed by atoms with Crippen molar-refractivity contribution in [3.8, 4) is 0 Å². The van der Waals surface area contributed by atoms with Crippen molar-refractivity contribution in [3.63, 3.8) is 0 Å². The number of carbonyl (C=O) groups is 1. The van der Waals surface area contributed by atoms with Crippen LogP contribution < -0.4 is 0 Å². The number of cyclic esters (lactones) is 1. The van der Waals surface area contributed by atoms with Crippen molar-refractivity contribution in [1.82, 2.24) is 0 Å². The van der Waals surface area contributed by atoms with Crippen LogP contribution in [0.3, 0.4) is 0 Å². The number of hydrogen-bond acceptors (Lipinski definition) is 5. The molecule has 0 spiro atoms. The number of nitrogens with zero attached hydrogens (tertiary/aromatic N) is 1. The van der Waals surface area contributed by atoms with Gasteiger partial charge in [0.15, 0.2) is 0 Å². The van der Waals surface area contributed by atoms with Gasteiger partial charge < -0.3 is 9.84 Å². The van der Waals surface area contributed by atoms with E-state index >= 15 is 0 Å². The Morgan fingerprint density at radius 2 is 2.12 bits per heavy atom. The van der Waals surface area contributed by atoms with Crippen molar-refractivity contribution in [1.29, 1.82) is 0 Å². The van der Waals surface area contributed by atoms with Gasteiger partial charge in [-0.3, -0.25) is 0 Å². The van der Waals surface area contributed by atoms with Crippen LogP contribution >= 0.6 is 11.8 Å². The highest BCUT2D eigenvalue weighted by atomic mass is 32.2. The molecular formula is C12H11NO3S. The number of aliphatic hydroxyl groups excluding tert-OH is 1. The van der Waals surface area contributed by atoms with E-state index in [0.29, 0.717) is 5.04 Å². The van der Waals surface area contributed by atoms with Crippen LogP contribution in [-0.2, 0) is 9.53 Å². The van der Waals surface area contributed by atoms with E-state index in [1.165, 1.54) is 11.8 Å². The number of benzene rings is 1. The first kappa shape index (κ1) is 11.7. The zero-order valence-corrected chi connectivity index (χ0v) is 10.0. The number of para-hydroxylation sites is 1. The summed E-state index contributed by atoms with van der Waals surface area (Å²) >= 11 is 1.30. The van der Waals surface area contributed by atoms with Crippen LogP contribution in [0.15, 0.2) is 46.7 Å². The summed E-state index contributed by atoms with van der Waals surface area (Å²) in [5, 5.41) is 10.0. The number of aliphatic hydroxyl groups is 1. The Balaban J connectivity index is 2.38. The van der Waals surface area contributed by atoms with E-state index in [1.54, 1.807) is 6.26 Å². The van der Waals surface area contributed by atoms with Gasteiger partial charge in [-0.2, -0.15) is 0 Å². The Labute approximate surface area is 103 Å². The quantitative estimate of drug-likeness (QED) is 0.497. The molecule has 0 saturated carbocycles. The second kappa shape index (κ2) is 5.05. The molecule has 0 atom stereocenters. The van der Waals surface area contributed by atoms with E-state index in [2.05, 4.69) is 4.99 Å². The van der Waals surface area contributed by atoms with Gasteiger partial charge in [-0.25, -0.2) is 9.79 Å². The second-order valence-corrected chi connectivity index (χ2v) is 4.15. The maximum Gasteiger partial charge on any atom is 0.344 e. The van der Waals surface area contributed by atoms with E-state index in [0.717, 1.165) is 5.69 Å². The standard InChI is InChI=1S/C12H11NO3S/c1-17-11(10-9(14)7-16-12(10)15)13-8-5-3-2-4-6-8/h2-6,14H,7H2,1H3. The molecule has 5 heteroatoms. The van der Waals surface area contributed by atoms with E-state index in [4.69, 9.17) is 4.74 Å². The minimum absolute atomic E-state index is 0.0565. The first-order chi connectivity index (χ1) is 8.22. The normalized spacial score (nSPS) is 16.3. The largest absolute Gasteiger partial charge is 0.508 e. The van der Waals surface area contributed by atoms with Gasteiger partial charge in [0.05, 0.1) is 5.69 Å². The fraction of sp³-hybridized carbons (Fsp3) is 0.167. The molecule has 2 rings (SSSR count). The monoisotopic (exact) mass is 249 g/mol. The number of hydrogen-bond donors (Lipinski definition) is 1. The molecule has 0 bridgehead atoms. The number of thioether (sulfide) groups is 1. The summed E-state index contributed by atoms with van der Waals surface area (Å²) in [4.78, 5) is 15.8. The summed E-state index contributed by atoms with van der Waals surface area (Å²) in [5.41, 5.74) is 0.901. The second-order valence-electron chi connectivity index (χ2n) is 3.35. The highest BCUT2D eigenvalue weighted by Crippen LogP contribution is 2.23. The summed E-state index contributed by atoms with van der Waals surface area (Å²) < 4.78 is 4.74. The first-order valence-corrected chi connectivity index (χ1v) is 6.22. The lowest BCUT2D eigenvalue weighted by molar-refractivity contribution is -0.135. The molecule has 1 aromatic carbocycles. The first-order valence-electron chi connectivity index (χ1n) is 4.99. The smallest absolute Gasteiger partial charge is 0.344 e. The van der Waals surface area contributed by atoms with Crippen LogP contribution in [0.5, 0.6) is 0 Å². The Bertz CT molecular complexity index is 494. The van der Waals surface area contributed by atoms with Gasteiger partial charge in [0.25, 0.3) is 0 Å².